The van der Waals surface area contributed by atoms with Crippen molar-refractivity contribution in [1.82, 2.24) is 4.90 Å². The summed E-state index contributed by atoms with van der Waals surface area (Å²) in [5.74, 6) is -3.90. The third-order valence-corrected chi connectivity index (χ3v) is 5.03. The van der Waals surface area contributed by atoms with Crippen molar-refractivity contribution in [3.63, 3.8) is 0 Å². The normalized spacial score (nSPS) is 38.2. The average molecular weight is 324 g/mol. The first kappa shape index (κ1) is 15.9. The van der Waals surface area contributed by atoms with Gasteiger partial charge in [0.15, 0.2) is 0 Å². The maximum Gasteiger partial charge on any atom is 0.333 e. The van der Waals surface area contributed by atoms with Crippen LogP contribution in [0, 0.1) is 0 Å². The average Bonchev–Trinajstić information content (AvgIpc) is 3.01. The molecule has 2 fully saturated rings. The molecule has 0 aromatic rings. The number of ether oxygens (including phenoxy) is 2. The molecule has 3 N–H and O–H groups in total. The summed E-state index contributed by atoms with van der Waals surface area (Å²) >= 11 is 0. The Balaban J connectivity index is 2.10. The van der Waals surface area contributed by atoms with Crippen molar-refractivity contribution in [2.45, 2.75) is 56.1 Å². The highest BCUT2D eigenvalue weighted by Gasteiger charge is 2.70. The van der Waals surface area contributed by atoms with E-state index in [1.54, 1.807) is 0 Å². The number of fused-ring (bicyclic) bond motifs is 1. The van der Waals surface area contributed by atoms with Crippen LogP contribution in [0.25, 0.3) is 0 Å². The van der Waals surface area contributed by atoms with E-state index in [1.165, 1.54) is 11.8 Å². The number of carbonyl (C=O) groups excluding carboxylic acids is 3. The number of hydrogen-bond donors (Lipinski definition) is 2. The number of rotatable bonds is 2. The Bertz CT molecular complexity index is 601. The number of likely N-dealkylation sites (tertiary alicyclic amines) is 1. The second kappa shape index (κ2) is 5.04. The van der Waals surface area contributed by atoms with Gasteiger partial charge in [0.1, 0.15) is 5.66 Å². The molecular weight excluding hydrogens is 304 g/mol. The van der Waals surface area contributed by atoms with E-state index in [9.17, 15) is 19.5 Å². The van der Waals surface area contributed by atoms with Gasteiger partial charge in [-0.1, -0.05) is 0 Å². The lowest BCUT2D eigenvalue weighted by Crippen LogP contribution is -2.77. The van der Waals surface area contributed by atoms with Crippen molar-refractivity contribution in [1.29, 1.82) is 0 Å². The standard InChI is InChI=1S/C15H20N2O6/c1-13(16,17-9-2-4-10(17)18)14-7-3-8-15(14,21)23-12(20)6-5-11(19)22-14/h5-6,21H,2-4,7-9,16H2,1H3/b6-5+. The zero-order chi connectivity index (χ0) is 16.9. The minimum atomic E-state index is -2.07. The molecule has 0 radical (unpaired) electrons. The Morgan fingerprint density at radius 3 is 2.43 bits per heavy atom. The van der Waals surface area contributed by atoms with Gasteiger partial charge in [-0.05, 0) is 26.2 Å². The molecule has 8 heteroatoms. The molecule has 1 saturated carbocycles. The lowest BCUT2D eigenvalue weighted by atomic mass is 9.81. The summed E-state index contributed by atoms with van der Waals surface area (Å²) in [7, 11) is 0. The van der Waals surface area contributed by atoms with Crippen LogP contribution >= 0.6 is 0 Å². The summed E-state index contributed by atoms with van der Waals surface area (Å²) in [4.78, 5) is 37.4. The van der Waals surface area contributed by atoms with Crippen LogP contribution < -0.4 is 5.73 Å². The van der Waals surface area contributed by atoms with Gasteiger partial charge in [-0.2, -0.15) is 0 Å². The first-order chi connectivity index (χ1) is 10.7. The van der Waals surface area contributed by atoms with Crippen LogP contribution in [0.4, 0.5) is 0 Å². The fourth-order valence-corrected chi connectivity index (χ4v) is 3.89. The molecule has 3 aliphatic rings. The minimum Gasteiger partial charge on any atom is -0.445 e. The highest BCUT2D eigenvalue weighted by atomic mass is 16.7. The van der Waals surface area contributed by atoms with Gasteiger partial charge in [0.2, 0.25) is 11.5 Å². The molecule has 1 amide bonds. The Hall–Kier alpha value is -1.93. The first-order valence-corrected chi connectivity index (χ1v) is 7.68. The monoisotopic (exact) mass is 324 g/mol. The first-order valence-electron chi connectivity index (χ1n) is 7.68. The van der Waals surface area contributed by atoms with Gasteiger partial charge >= 0.3 is 11.9 Å². The van der Waals surface area contributed by atoms with Gasteiger partial charge in [-0.25, -0.2) is 9.59 Å². The van der Waals surface area contributed by atoms with Gasteiger partial charge < -0.3 is 25.2 Å². The van der Waals surface area contributed by atoms with Crippen molar-refractivity contribution in [3.05, 3.63) is 12.2 Å². The number of esters is 2. The van der Waals surface area contributed by atoms with E-state index in [2.05, 4.69) is 0 Å². The van der Waals surface area contributed by atoms with Crippen LogP contribution in [0.3, 0.4) is 0 Å². The maximum absolute atomic E-state index is 12.2. The van der Waals surface area contributed by atoms with Crippen LogP contribution in [0.15, 0.2) is 12.2 Å². The quantitative estimate of drug-likeness (QED) is 0.660. The summed E-state index contributed by atoms with van der Waals surface area (Å²) < 4.78 is 10.7. The van der Waals surface area contributed by atoms with E-state index in [0.29, 0.717) is 25.8 Å². The fraction of sp³-hybridized carbons (Fsp3) is 0.667. The Labute approximate surface area is 133 Å². The summed E-state index contributed by atoms with van der Waals surface area (Å²) in [6.07, 6.45) is 3.51. The summed E-state index contributed by atoms with van der Waals surface area (Å²) in [6.45, 7) is 1.92. The van der Waals surface area contributed by atoms with E-state index < -0.39 is 29.0 Å². The topological polar surface area (TPSA) is 119 Å². The highest BCUT2D eigenvalue weighted by molar-refractivity contribution is 5.93. The van der Waals surface area contributed by atoms with Crippen molar-refractivity contribution in [3.8, 4) is 0 Å². The van der Waals surface area contributed by atoms with E-state index in [1.807, 2.05) is 0 Å². The molecular formula is C15H20N2O6. The molecule has 3 unspecified atom stereocenters. The predicted octanol–water partition coefficient (Wildman–Crippen LogP) is -0.449. The molecule has 3 rings (SSSR count). The van der Waals surface area contributed by atoms with Crippen LogP contribution in [0.2, 0.25) is 0 Å². The molecule has 0 aromatic carbocycles. The number of nitrogens with two attached hydrogens (primary N) is 1. The second-order valence-electron chi connectivity index (χ2n) is 6.44. The Morgan fingerprint density at radius 1 is 1.17 bits per heavy atom. The van der Waals surface area contributed by atoms with E-state index >= 15 is 0 Å². The lowest BCUT2D eigenvalue weighted by Gasteiger charge is -2.52. The number of nitrogens with zero attached hydrogens (tertiary/aromatic N) is 1. The van der Waals surface area contributed by atoms with Gasteiger partial charge in [0, 0.05) is 31.5 Å². The molecule has 0 spiro atoms. The van der Waals surface area contributed by atoms with E-state index in [4.69, 9.17) is 15.2 Å². The number of carbonyl (C=O) groups is 3. The molecule has 2 heterocycles. The summed E-state index contributed by atoms with van der Waals surface area (Å²) in [5, 5.41) is 11.0. The number of amides is 1. The third-order valence-electron chi connectivity index (χ3n) is 5.03. The predicted molar refractivity (Wildman–Crippen MR) is 76.4 cm³/mol. The molecule has 2 aliphatic heterocycles. The molecule has 1 aliphatic carbocycles. The zero-order valence-electron chi connectivity index (χ0n) is 12.9. The molecule has 0 bridgehead atoms. The minimum absolute atomic E-state index is 0.0781. The highest BCUT2D eigenvalue weighted by Crippen LogP contribution is 2.51. The van der Waals surface area contributed by atoms with Gasteiger partial charge in [0.25, 0.3) is 5.79 Å². The second-order valence-corrected chi connectivity index (χ2v) is 6.44. The van der Waals surface area contributed by atoms with Crippen LogP contribution in [0.1, 0.15) is 39.0 Å². The number of hydrogen-bond acceptors (Lipinski definition) is 7. The SMILES string of the molecule is CC(N)(N1CCCC1=O)C12CCCC1(O)OC(=O)/C=C/C(=O)O2. The van der Waals surface area contributed by atoms with Crippen molar-refractivity contribution < 1.29 is 29.0 Å². The fourth-order valence-electron chi connectivity index (χ4n) is 3.89. The number of aliphatic hydroxyl groups is 1. The molecule has 0 aromatic heterocycles. The zero-order valence-corrected chi connectivity index (χ0v) is 12.9. The summed E-state index contributed by atoms with van der Waals surface area (Å²) in [6, 6.07) is 0. The van der Waals surface area contributed by atoms with Crippen molar-refractivity contribution in [2.24, 2.45) is 5.73 Å². The molecule has 126 valence electrons. The van der Waals surface area contributed by atoms with Crippen molar-refractivity contribution in [2.75, 3.05) is 6.54 Å². The van der Waals surface area contributed by atoms with Crippen molar-refractivity contribution >= 4 is 17.8 Å². The largest absolute Gasteiger partial charge is 0.445 e. The maximum atomic E-state index is 12.2. The van der Waals surface area contributed by atoms with E-state index in [-0.39, 0.29) is 18.7 Å². The molecule has 3 atom stereocenters. The van der Waals surface area contributed by atoms with Gasteiger partial charge in [0.05, 0.1) is 0 Å². The van der Waals surface area contributed by atoms with Gasteiger partial charge in [-0.3, -0.25) is 4.79 Å². The lowest BCUT2D eigenvalue weighted by molar-refractivity contribution is -0.303. The smallest absolute Gasteiger partial charge is 0.333 e. The third kappa shape index (κ3) is 2.16. The van der Waals surface area contributed by atoms with Gasteiger partial charge in [-0.15, -0.1) is 0 Å². The van der Waals surface area contributed by atoms with Crippen LogP contribution in [-0.2, 0) is 23.9 Å². The molecule has 23 heavy (non-hydrogen) atoms. The Morgan fingerprint density at radius 2 is 1.83 bits per heavy atom. The van der Waals surface area contributed by atoms with E-state index in [0.717, 1.165) is 12.2 Å². The molecule has 1 saturated heterocycles. The Kier molecular flexibility index (Phi) is 3.49. The summed E-state index contributed by atoms with van der Waals surface area (Å²) in [5.41, 5.74) is 3.21. The molecule has 8 nitrogen and oxygen atoms in total. The van der Waals surface area contributed by atoms with Crippen LogP contribution in [0.5, 0.6) is 0 Å². The van der Waals surface area contributed by atoms with Crippen LogP contribution in [-0.4, -0.2) is 51.4 Å².